The molecule has 1 aromatic carbocycles. The highest BCUT2D eigenvalue weighted by atomic mass is 16.6. The number of carbonyl (C=O) groups is 1. The lowest BCUT2D eigenvalue weighted by molar-refractivity contribution is 0.0721. The van der Waals surface area contributed by atoms with Gasteiger partial charge in [-0.25, -0.2) is 0 Å². The quantitative estimate of drug-likeness (QED) is 0.844. The Morgan fingerprint density at radius 3 is 2.58 bits per heavy atom. The summed E-state index contributed by atoms with van der Waals surface area (Å²) >= 11 is 0. The Labute approximate surface area is 153 Å². The Morgan fingerprint density at radius 2 is 1.81 bits per heavy atom. The van der Waals surface area contributed by atoms with Crippen molar-refractivity contribution < 1.29 is 13.9 Å². The molecule has 2 aliphatic rings. The minimum absolute atomic E-state index is 0.0514. The number of rotatable bonds is 4. The van der Waals surface area contributed by atoms with Gasteiger partial charge in [-0.2, -0.15) is 0 Å². The topological polar surface area (TPSA) is 49.2 Å². The third-order valence-corrected chi connectivity index (χ3v) is 5.26. The van der Waals surface area contributed by atoms with Crippen LogP contribution in [-0.2, 0) is 0 Å². The standard InChI is InChI=1S/C20H25N3O3/c1-21-11-13-22(14-12-21)16-9-10-23(15-16)20(24)18-7-8-19(26-18)25-17-5-3-2-4-6-17/h2-8,16H,9-15H2,1H3/t16-/m0/s1. The van der Waals surface area contributed by atoms with Crippen LogP contribution in [-0.4, -0.2) is 73.0 Å². The Balaban J connectivity index is 1.35. The molecule has 6 nitrogen and oxygen atoms in total. The van der Waals surface area contributed by atoms with E-state index in [0.717, 1.165) is 45.7 Å². The maximum Gasteiger partial charge on any atom is 0.290 e. The van der Waals surface area contributed by atoms with E-state index in [1.165, 1.54) is 0 Å². The Morgan fingerprint density at radius 1 is 1.04 bits per heavy atom. The maximum atomic E-state index is 12.7. The van der Waals surface area contributed by atoms with Crippen molar-refractivity contribution >= 4 is 5.91 Å². The summed E-state index contributed by atoms with van der Waals surface area (Å²) in [7, 11) is 2.16. The molecule has 4 rings (SSSR count). The molecule has 1 aromatic heterocycles. The van der Waals surface area contributed by atoms with Crippen molar-refractivity contribution in [2.24, 2.45) is 0 Å². The van der Waals surface area contributed by atoms with E-state index < -0.39 is 0 Å². The van der Waals surface area contributed by atoms with Crippen LogP contribution in [0.2, 0.25) is 0 Å². The van der Waals surface area contributed by atoms with Crippen LogP contribution in [0.15, 0.2) is 46.9 Å². The molecule has 2 aromatic rings. The van der Waals surface area contributed by atoms with E-state index in [0.29, 0.717) is 23.5 Å². The predicted molar refractivity (Wildman–Crippen MR) is 98.6 cm³/mol. The van der Waals surface area contributed by atoms with Gasteiger partial charge in [-0.3, -0.25) is 9.69 Å². The molecule has 0 spiro atoms. The molecule has 2 aliphatic heterocycles. The third-order valence-electron chi connectivity index (χ3n) is 5.26. The number of furan rings is 1. The summed E-state index contributed by atoms with van der Waals surface area (Å²) in [6, 6.07) is 13.3. The second-order valence-corrected chi connectivity index (χ2v) is 7.07. The van der Waals surface area contributed by atoms with Crippen LogP contribution in [0.25, 0.3) is 0 Å². The summed E-state index contributed by atoms with van der Waals surface area (Å²) in [5, 5.41) is 0. The molecule has 0 unspecified atom stereocenters. The van der Waals surface area contributed by atoms with Crippen LogP contribution in [0.4, 0.5) is 0 Å². The summed E-state index contributed by atoms with van der Waals surface area (Å²) in [6.07, 6.45) is 1.03. The SMILES string of the molecule is CN1CCN([C@H]2CCN(C(=O)c3ccc(Oc4ccccc4)o3)C2)CC1. The molecular weight excluding hydrogens is 330 g/mol. The number of carbonyl (C=O) groups excluding carboxylic acids is 1. The molecule has 0 bridgehead atoms. The molecule has 138 valence electrons. The van der Waals surface area contributed by atoms with Gasteiger partial charge >= 0.3 is 0 Å². The van der Waals surface area contributed by atoms with E-state index in [2.05, 4.69) is 16.8 Å². The highest BCUT2D eigenvalue weighted by Gasteiger charge is 2.33. The molecule has 0 aliphatic carbocycles. The minimum atomic E-state index is -0.0514. The van der Waals surface area contributed by atoms with Crippen LogP contribution in [0.1, 0.15) is 17.0 Å². The Hall–Kier alpha value is -2.31. The van der Waals surface area contributed by atoms with Crippen LogP contribution in [0, 0.1) is 0 Å². The smallest absolute Gasteiger partial charge is 0.290 e. The van der Waals surface area contributed by atoms with Crippen molar-refractivity contribution in [3.63, 3.8) is 0 Å². The van der Waals surface area contributed by atoms with E-state index in [-0.39, 0.29) is 5.91 Å². The van der Waals surface area contributed by atoms with Crippen molar-refractivity contribution in [2.75, 3.05) is 46.3 Å². The number of amides is 1. The monoisotopic (exact) mass is 355 g/mol. The van der Waals surface area contributed by atoms with Gasteiger partial charge in [0.25, 0.3) is 11.9 Å². The molecule has 0 saturated carbocycles. The van der Waals surface area contributed by atoms with Gasteiger partial charge in [-0.15, -0.1) is 0 Å². The van der Waals surface area contributed by atoms with Gasteiger partial charge in [-0.1, -0.05) is 18.2 Å². The van der Waals surface area contributed by atoms with Crippen LogP contribution in [0.3, 0.4) is 0 Å². The summed E-state index contributed by atoms with van der Waals surface area (Å²) in [5.74, 6) is 1.33. The summed E-state index contributed by atoms with van der Waals surface area (Å²) in [6.45, 7) is 5.92. The fraction of sp³-hybridized carbons (Fsp3) is 0.450. The van der Waals surface area contributed by atoms with E-state index in [9.17, 15) is 4.79 Å². The number of piperazine rings is 1. The lowest BCUT2D eigenvalue weighted by atomic mass is 10.2. The number of hydrogen-bond acceptors (Lipinski definition) is 5. The molecule has 1 atom stereocenters. The molecule has 2 fully saturated rings. The second-order valence-electron chi connectivity index (χ2n) is 7.07. The van der Waals surface area contributed by atoms with E-state index >= 15 is 0 Å². The number of likely N-dealkylation sites (N-methyl/N-ethyl adjacent to an activating group) is 1. The molecule has 3 heterocycles. The van der Waals surface area contributed by atoms with Crippen LogP contribution < -0.4 is 4.74 Å². The average Bonchev–Trinajstić information content (AvgIpc) is 3.33. The maximum absolute atomic E-state index is 12.7. The number of likely N-dealkylation sites (tertiary alicyclic amines) is 1. The average molecular weight is 355 g/mol. The fourth-order valence-electron chi connectivity index (χ4n) is 3.66. The zero-order valence-corrected chi connectivity index (χ0v) is 15.1. The van der Waals surface area contributed by atoms with Crippen molar-refractivity contribution in [3.05, 3.63) is 48.2 Å². The first-order valence-electron chi connectivity index (χ1n) is 9.23. The van der Waals surface area contributed by atoms with Gasteiger partial charge in [-0.05, 0) is 31.7 Å². The lowest BCUT2D eigenvalue weighted by Gasteiger charge is -2.36. The van der Waals surface area contributed by atoms with Gasteiger partial charge in [0.05, 0.1) is 0 Å². The molecule has 0 radical (unpaired) electrons. The molecular formula is C20H25N3O3. The van der Waals surface area contributed by atoms with Gasteiger partial charge in [0.1, 0.15) is 5.75 Å². The Bertz CT molecular complexity index is 738. The largest absolute Gasteiger partial charge is 0.426 e. The van der Waals surface area contributed by atoms with Gasteiger partial charge in [0.15, 0.2) is 5.76 Å². The molecule has 1 amide bonds. The van der Waals surface area contributed by atoms with Gasteiger partial charge in [0, 0.05) is 51.4 Å². The summed E-state index contributed by atoms with van der Waals surface area (Å²) in [4.78, 5) is 19.5. The summed E-state index contributed by atoms with van der Waals surface area (Å²) in [5.41, 5.74) is 0. The van der Waals surface area contributed by atoms with Crippen LogP contribution in [0.5, 0.6) is 11.7 Å². The van der Waals surface area contributed by atoms with Gasteiger partial charge < -0.3 is 19.0 Å². The highest BCUT2D eigenvalue weighted by molar-refractivity contribution is 5.91. The third kappa shape index (κ3) is 3.76. The van der Waals surface area contributed by atoms with Crippen molar-refractivity contribution in [1.29, 1.82) is 0 Å². The number of nitrogens with zero attached hydrogens (tertiary/aromatic N) is 3. The first-order valence-corrected chi connectivity index (χ1v) is 9.23. The number of para-hydroxylation sites is 1. The second kappa shape index (κ2) is 7.51. The van der Waals surface area contributed by atoms with Crippen LogP contribution >= 0.6 is 0 Å². The van der Waals surface area contributed by atoms with E-state index in [1.54, 1.807) is 12.1 Å². The molecule has 6 heteroatoms. The van der Waals surface area contributed by atoms with Crippen molar-refractivity contribution in [2.45, 2.75) is 12.5 Å². The highest BCUT2D eigenvalue weighted by Crippen LogP contribution is 2.25. The summed E-state index contributed by atoms with van der Waals surface area (Å²) < 4.78 is 11.3. The zero-order valence-electron chi connectivity index (χ0n) is 15.1. The van der Waals surface area contributed by atoms with Gasteiger partial charge in [0.2, 0.25) is 0 Å². The van der Waals surface area contributed by atoms with Crippen molar-refractivity contribution in [1.82, 2.24) is 14.7 Å². The van der Waals surface area contributed by atoms with E-state index in [4.69, 9.17) is 9.15 Å². The first kappa shape index (κ1) is 17.1. The Kier molecular flexibility index (Phi) is 4.95. The minimum Gasteiger partial charge on any atom is -0.426 e. The number of ether oxygens (including phenoxy) is 1. The first-order chi connectivity index (χ1) is 12.7. The van der Waals surface area contributed by atoms with Crippen molar-refractivity contribution in [3.8, 4) is 11.7 Å². The lowest BCUT2D eigenvalue weighted by Crippen LogP contribution is -2.49. The molecule has 2 saturated heterocycles. The number of hydrogen-bond donors (Lipinski definition) is 0. The normalized spacial score (nSPS) is 21.9. The number of benzene rings is 1. The fourth-order valence-corrected chi connectivity index (χ4v) is 3.66. The molecule has 26 heavy (non-hydrogen) atoms. The van der Waals surface area contributed by atoms with E-state index in [1.807, 2.05) is 35.2 Å². The zero-order chi connectivity index (χ0) is 17.9. The predicted octanol–water partition coefficient (Wildman–Crippen LogP) is 2.53. The molecule has 0 N–H and O–H groups in total.